The molecule has 0 unspecified atom stereocenters. The molecule has 2 aromatic rings. The van der Waals surface area contributed by atoms with E-state index < -0.39 is 190 Å². The molecule has 16 N–H and O–H groups in total. The minimum Gasteiger partial charge on any atom is -0.550 e. The molecule has 466 valence electrons. The molecule has 1 fully saturated rings. The van der Waals surface area contributed by atoms with Gasteiger partial charge in [-0.2, -0.15) is 20.2 Å². The number of rotatable bonds is 36. The van der Waals surface area contributed by atoms with E-state index in [1.165, 1.54) is 31.8 Å². The van der Waals surface area contributed by atoms with Gasteiger partial charge in [-0.3, -0.25) is 62.1 Å². The molecular weight excluding hydrogens is 1190 g/mol. The zero-order valence-electron chi connectivity index (χ0n) is 46.3. The third-order valence-corrected chi connectivity index (χ3v) is 17.7. The molecule has 35 heteroatoms. The fraction of sp³-hybridized carbons (Fsp3) is 0.571. The predicted molar refractivity (Wildman–Crippen MR) is 303 cm³/mol. The first-order valence-electron chi connectivity index (χ1n) is 26.1. The average Bonchev–Trinajstić information content (AvgIpc) is 4.11. The van der Waals surface area contributed by atoms with E-state index in [1.54, 1.807) is 44.4 Å². The summed E-state index contributed by atoms with van der Waals surface area (Å²) in [6, 6.07) is -9.01. The number of nitrogens with two attached hydrogens (primary N) is 2. The quantitative estimate of drug-likeness (QED) is 0.0228. The Balaban J connectivity index is 1.99. The van der Waals surface area contributed by atoms with Gasteiger partial charge in [0.2, 0.25) is 59.1 Å². The topological polar surface area (TPSA) is 507 Å². The molecule has 31 nitrogen and oxygen atoms in total. The van der Waals surface area contributed by atoms with Crippen molar-refractivity contribution in [3.63, 3.8) is 0 Å². The third kappa shape index (κ3) is 23.8. The minimum atomic E-state index is -4.73. The fourth-order valence-corrected chi connectivity index (χ4v) is 11.9. The number of fused-ring (bicyclic) bond motifs is 1. The number of carboxylic acid groups (broad SMARTS) is 3. The van der Waals surface area contributed by atoms with Gasteiger partial charge in [0, 0.05) is 41.8 Å². The van der Waals surface area contributed by atoms with Crippen LogP contribution in [0.3, 0.4) is 0 Å². The van der Waals surface area contributed by atoms with Crippen molar-refractivity contribution in [2.75, 3.05) is 24.3 Å². The Morgan fingerprint density at radius 3 is 1.81 bits per heavy atom. The molecule has 0 saturated carbocycles. The van der Waals surface area contributed by atoms with Crippen LogP contribution in [0.1, 0.15) is 84.6 Å². The first-order chi connectivity index (χ1) is 39.3. The average molecular weight is 1260 g/mol. The maximum atomic E-state index is 14.6. The summed E-state index contributed by atoms with van der Waals surface area (Å²) in [6.45, 7) is 5.72. The van der Waals surface area contributed by atoms with Crippen molar-refractivity contribution >= 4 is 129 Å². The van der Waals surface area contributed by atoms with Crippen molar-refractivity contribution in [3.05, 3.63) is 36.0 Å². The first kappa shape index (κ1) is 71.1. The summed E-state index contributed by atoms with van der Waals surface area (Å²) in [6.07, 6.45) is -0.519. The molecular formula is C49H71N12O19S4-. The van der Waals surface area contributed by atoms with E-state index >= 15 is 0 Å². The summed E-state index contributed by atoms with van der Waals surface area (Å²) < 4.78 is 32.6. The molecule has 0 bridgehead atoms. The zero-order chi connectivity index (χ0) is 63.2. The number of carbonyl (C=O) groups excluding carboxylic acids is 11. The second-order valence-electron chi connectivity index (χ2n) is 19.9. The number of carboxylic acids is 3. The maximum absolute atomic E-state index is 14.6. The smallest absolute Gasteiger partial charge is 0.329 e. The van der Waals surface area contributed by atoms with Gasteiger partial charge in [-0.1, -0.05) is 42.8 Å². The lowest BCUT2D eigenvalue weighted by molar-refractivity contribution is -0.305. The highest BCUT2D eigenvalue weighted by Gasteiger charge is 2.41. The Kier molecular flexibility index (Phi) is 28.7. The van der Waals surface area contributed by atoms with E-state index in [-0.39, 0.29) is 42.1 Å². The number of likely N-dealkylation sites (tertiary alicyclic amines) is 1. The van der Waals surface area contributed by atoms with Gasteiger partial charge in [-0.05, 0) is 81.9 Å². The van der Waals surface area contributed by atoms with E-state index in [9.17, 15) is 90.6 Å². The summed E-state index contributed by atoms with van der Waals surface area (Å²) in [5, 5.41) is 50.6. The van der Waals surface area contributed by atoms with Gasteiger partial charge in [-0.25, -0.2) is 0 Å². The summed E-state index contributed by atoms with van der Waals surface area (Å²) >= 11 is 1.42. The fourth-order valence-electron chi connectivity index (χ4n) is 8.37. The Morgan fingerprint density at radius 2 is 1.25 bits per heavy atom. The number of hydrogen-bond acceptors (Lipinski definition) is 20. The van der Waals surface area contributed by atoms with Crippen LogP contribution in [0.2, 0.25) is 0 Å². The number of aromatic nitrogens is 1. The molecule has 0 spiro atoms. The van der Waals surface area contributed by atoms with E-state index in [2.05, 4.69) is 47.5 Å². The van der Waals surface area contributed by atoms with E-state index in [1.807, 2.05) is 0 Å². The molecule has 0 aliphatic carbocycles. The summed E-state index contributed by atoms with van der Waals surface area (Å²) in [4.78, 5) is 176. The van der Waals surface area contributed by atoms with E-state index in [0.717, 1.165) is 4.90 Å². The lowest BCUT2D eigenvalue weighted by Crippen LogP contribution is -2.61. The normalized spacial score (nSPS) is 16.4. The number of thioether (sulfide) groups is 1. The largest absolute Gasteiger partial charge is 0.550 e. The van der Waals surface area contributed by atoms with Crippen LogP contribution >= 0.6 is 32.4 Å². The van der Waals surface area contributed by atoms with Crippen molar-refractivity contribution in [2.24, 2.45) is 17.4 Å². The van der Waals surface area contributed by atoms with Crippen LogP contribution in [-0.2, 0) is 77.9 Å². The Morgan fingerprint density at radius 1 is 0.714 bits per heavy atom. The van der Waals surface area contributed by atoms with Crippen molar-refractivity contribution in [3.8, 4) is 0 Å². The SMILES string of the molecule is CSCC[C@H](N)C(=O)N[C@@H](C)C(=O)N[C@@H](CCC(=O)[O-])C(=O)N[C@@H](CC(=O)O)C(=O)N[C@@H](Cc1c[nH]c2ccccc12)C(=O)N[C@@H](CC(C)C)C(=O)N[C@@H](CC(=O)O)C(=O)N[C@@H](CSSS(=O)(=O)O)C(=O)N1CCC[C@H]1C(=O)N[C@@H](C)C(N)=O. The second-order valence-corrected chi connectivity index (χ2v) is 26.0. The number of primary amides is 1. The maximum Gasteiger partial charge on any atom is 0.329 e. The molecule has 1 aliphatic heterocycles. The number of para-hydroxylation sites is 1. The number of benzene rings is 1. The summed E-state index contributed by atoms with van der Waals surface area (Å²) in [5.74, 6) is -16.1. The van der Waals surface area contributed by atoms with Crippen molar-refractivity contribution < 1.29 is 90.6 Å². The number of nitrogens with one attached hydrogen (secondary N) is 9. The van der Waals surface area contributed by atoms with E-state index in [4.69, 9.17) is 11.5 Å². The Labute approximate surface area is 493 Å². The highest BCUT2D eigenvalue weighted by Crippen LogP contribution is 2.29. The summed E-state index contributed by atoms with van der Waals surface area (Å²) in [5.41, 5.74) is 12.1. The number of aromatic amines is 1. The van der Waals surface area contributed by atoms with E-state index in [0.29, 0.717) is 33.0 Å². The van der Waals surface area contributed by atoms with Crippen LogP contribution in [-0.4, -0.2) is 195 Å². The molecule has 1 saturated heterocycles. The molecule has 1 aliphatic rings. The lowest BCUT2D eigenvalue weighted by Gasteiger charge is -2.30. The van der Waals surface area contributed by atoms with Crippen LogP contribution in [0.5, 0.6) is 0 Å². The monoisotopic (exact) mass is 1260 g/mol. The highest BCUT2D eigenvalue weighted by atomic mass is 33.5. The molecule has 1 aromatic carbocycles. The van der Waals surface area contributed by atoms with Gasteiger partial charge >= 0.3 is 21.1 Å². The van der Waals surface area contributed by atoms with Gasteiger partial charge in [0.25, 0.3) is 0 Å². The van der Waals surface area contributed by atoms with Crippen LogP contribution in [0.4, 0.5) is 0 Å². The number of hydrogen-bond donors (Lipinski definition) is 14. The van der Waals surface area contributed by atoms with Crippen LogP contribution in [0.15, 0.2) is 30.5 Å². The van der Waals surface area contributed by atoms with Gasteiger partial charge in [-0.15, -0.1) is 0 Å². The number of nitrogens with zero attached hydrogens (tertiary/aromatic N) is 1. The van der Waals surface area contributed by atoms with Gasteiger partial charge in [0.1, 0.15) is 54.4 Å². The van der Waals surface area contributed by atoms with Crippen LogP contribution in [0, 0.1) is 5.92 Å². The molecule has 2 heterocycles. The lowest BCUT2D eigenvalue weighted by atomic mass is 10.00. The minimum absolute atomic E-state index is 0.0720. The van der Waals surface area contributed by atoms with Gasteiger partial charge in [0.15, 0.2) is 0 Å². The number of aliphatic carboxylic acids is 3. The standard InChI is InChI=1S/C49H72N12O19S4/c1-23(2)17-31(44(72)59-34(20-39(66)67)47(75)60-35(22-82-83-84(78,79)80)49(77)61-15-8-11-36(61)48(76)53-24(3)40(51)68)56-45(73)32(18-26-21-52-29-10-7-6-9-27(26)29)57-46(74)33(19-38(64)65)58-43(71)30(12-13-37(62)63)55-41(69)25(4)54-42(70)28(50)14-16-81-5/h6-7,9-10,21,23-25,28,30-36,52H,8,11-20,22,50H2,1-5H3,(H2,51,68)(H,53,76)(H,54,70)(H,55,69)(H,56,73)(H,57,74)(H,58,71)(H,59,72)(H,60,75)(H,62,63)(H,64,65)(H,66,67)(H,78,79,80)/p-1/t24-,25-,28-,30-,31-,32-,33-,34-,35-,36-/m0/s1. The second kappa shape index (κ2) is 33.9. The molecule has 0 radical (unpaired) electrons. The molecule has 10 amide bonds. The van der Waals surface area contributed by atoms with Crippen molar-refractivity contribution in [1.82, 2.24) is 52.4 Å². The number of carbonyl (C=O) groups is 13. The molecule has 3 rings (SSSR count). The first-order valence-corrected chi connectivity index (χ1v) is 31.7. The highest BCUT2D eigenvalue weighted by molar-refractivity contribution is 9.05. The number of H-pyrrole nitrogens is 1. The van der Waals surface area contributed by atoms with Crippen LogP contribution in [0.25, 0.3) is 10.9 Å². The summed E-state index contributed by atoms with van der Waals surface area (Å²) in [7, 11) is -4.45. The van der Waals surface area contributed by atoms with Crippen molar-refractivity contribution in [1.29, 1.82) is 0 Å². The van der Waals surface area contributed by atoms with Gasteiger partial charge < -0.3 is 84.0 Å². The Bertz CT molecular complexity index is 2860. The zero-order valence-corrected chi connectivity index (χ0v) is 49.6. The molecule has 10 atom stereocenters. The Hall–Kier alpha value is -7.21. The van der Waals surface area contributed by atoms with Gasteiger partial charge in [0.05, 0.1) is 28.7 Å². The van der Waals surface area contributed by atoms with Crippen molar-refractivity contribution in [2.45, 2.75) is 146 Å². The molecule has 84 heavy (non-hydrogen) atoms. The molecule has 1 aromatic heterocycles. The number of amides is 10. The third-order valence-electron chi connectivity index (χ3n) is 12.7. The predicted octanol–water partition coefficient (Wildman–Crippen LogP) is -4.10. The van der Waals surface area contributed by atoms with Crippen LogP contribution < -0.4 is 59.1 Å².